The summed E-state index contributed by atoms with van der Waals surface area (Å²) in [7, 11) is 0. The van der Waals surface area contributed by atoms with Gasteiger partial charge >= 0.3 is 6.18 Å². The lowest BCUT2D eigenvalue weighted by Crippen LogP contribution is -2.25. The Hall–Kier alpha value is -2.70. The van der Waals surface area contributed by atoms with Crippen molar-refractivity contribution >= 4 is 17.3 Å². The van der Waals surface area contributed by atoms with Crippen molar-refractivity contribution in [3.05, 3.63) is 59.2 Å². The van der Waals surface area contributed by atoms with Crippen LogP contribution in [0.25, 0.3) is 0 Å². The van der Waals surface area contributed by atoms with Crippen LogP contribution in [-0.4, -0.2) is 5.91 Å². The number of benzene rings is 2. The maximum Gasteiger partial charge on any atom is 0.416 e. The Bertz CT molecular complexity index is 661. The fourth-order valence-electron chi connectivity index (χ4n) is 1.93. The van der Waals surface area contributed by atoms with Crippen LogP contribution in [0.2, 0.25) is 0 Å². The minimum Gasteiger partial charge on any atom is -0.398 e. The summed E-state index contributed by atoms with van der Waals surface area (Å²) in [5.41, 5.74) is 11.8. The standard InChI is InChI=1S/C15H14F3N3O/c16-15(17,18)10-6-4-9(5-7-10)8-21-14(22)13-11(19)2-1-3-12(13)20/h1-7H,8,19-20H2,(H,21,22). The molecule has 1 amide bonds. The van der Waals surface area contributed by atoms with Crippen LogP contribution < -0.4 is 16.8 Å². The molecule has 2 aromatic rings. The summed E-state index contributed by atoms with van der Waals surface area (Å²) in [6.45, 7) is 0.0742. The number of nitrogens with two attached hydrogens (primary N) is 2. The second-order valence-corrected chi connectivity index (χ2v) is 4.69. The van der Waals surface area contributed by atoms with E-state index in [1.807, 2.05) is 0 Å². The first-order valence-electron chi connectivity index (χ1n) is 6.37. The van der Waals surface area contributed by atoms with Crippen molar-refractivity contribution in [2.75, 3.05) is 11.5 Å². The molecule has 0 atom stereocenters. The number of hydrogen-bond acceptors (Lipinski definition) is 3. The van der Waals surface area contributed by atoms with Gasteiger partial charge in [0.05, 0.1) is 11.1 Å². The van der Waals surface area contributed by atoms with Gasteiger partial charge in [-0.05, 0) is 29.8 Å². The van der Waals surface area contributed by atoms with Crippen molar-refractivity contribution < 1.29 is 18.0 Å². The normalized spacial score (nSPS) is 11.2. The zero-order chi connectivity index (χ0) is 16.3. The third-order valence-electron chi connectivity index (χ3n) is 3.09. The lowest BCUT2D eigenvalue weighted by atomic mass is 10.1. The summed E-state index contributed by atoms with van der Waals surface area (Å²) in [6, 6.07) is 9.26. The molecule has 2 rings (SSSR count). The Morgan fingerprint density at radius 2 is 1.55 bits per heavy atom. The van der Waals surface area contributed by atoms with E-state index in [-0.39, 0.29) is 23.5 Å². The van der Waals surface area contributed by atoms with Crippen LogP contribution in [0.4, 0.5) is 24.5 Å². The zero-order valence-corrected chi connectivity index (χ0v) is 11.4. The second kappa shape index (κ2) is 5.97. The van der Waals surface area contributed by atoms with E-state index in [1.54, 1.807) is 18.2 Å². The van der Waals surface area contributed by atoms with Crippen LogP contribution in [0, 0.1) is 0 Å². The molecule has 0 spiro atoms. The van der Waals surface area contributed by atoms with E-state index in [2.05, 4.69) is 5.32 Å². The molecule has 4 nitrogen and oxygen atoms in total. The number of carbonyl (C=O) groups is 1. The van der Waals surface area contributed by atoms with Crippen molar-refractivity contribution in [2.45, 2.75) is 12.7 Å². The lowest BCUT2D eigenvalue weighted by molar-refractivity contribution is -0.137. The third-order valence-corrected chi connectivity index (χ3v) is 3.09. The SMILES string of the molecule is Nc1cccc(N)c1C(=O)NCc1ccc(C(F)(F)F)cc1. The Labute approximate surface area is 124 Å². The van der Waals surface area contributed by atoms with Gasteiger partial charge in [0.1, 0.15) is 0 Å². The van der Waals surface area contributed by atoms with E-state index in [9.17, 15) is 18.0 Å². The molecule has 2 aromatic carbocycles. The molecule has 0 aliphatic heterocycles. The van der Waals surface area contributed by atoms with Crippen molar-refractivity contribution in [1.82, 2.24) is 5.32 Å². The molecular formula is C15H14F3N3O. The van der Waals surface area contributed by atoms with Gasteiger partial charge in [-0.25, -0.2) is 0 Å². The first-order valence-corrected chi connectivity index (χ1v) is 6.37. The molecule has 0 fully saturated rings. The first kappa shape index (κ1) is 15.7. The maximum absolute atomic E-state index is 12.4. The molecule has 7 heteroatoms. The predicted octanol–water partition coefficient (Wildman–Crippen LogP) is 2.80. The molecule has 0 heterocycles. The van der Waals surface area contributed by atoms with Crippen LogP contribution in [0.1, 0.15) is 21.5 Å². The van der Waals surface area contributed by atoms with Gasteiger partial charge in [0, 0.05) is 17.9 Å². The molecule has 0 aliphatic rings. The fraction of sp³-hybridized carbons (Fsp3) is 0.133. The van der Waals surface area contributed by atoms with E-state index >= 15 is 0 Å². The molecular weight excluding hydrogens is 295 g/mol. The monoisotopic (exact) mass is 309 g/mol. The second-order valence-electron chi connectivity index (χ2n) is 4.69. The quantitative estimate of drug-likeness (QED) is 0.763. The highest BCUT2D eigenvalue weighted by Gasteiger charge is 2.29. The molecule has 22 heavy (non-hydrogen) atoms. The topological polar surface area (TPSA) is 81.1 Å². The Balaban J connectivity index is 2.06. The molecule has 0 radical (unpaired) electrons. The van der Waals surface area contributed by atoms with E-state index in [4.69, 9.17) is 11.5 Å². The van der Waals surface area contributed by atoms with Crippen LogP contribution in [-0.2, 0) is 12.7 Å². The van der Waals surface area contributed by atoms with Crippen LogP contribution >= 0.6 is 0 Å². The lowest BCUT2D eigenvalue weighted by Gasteiger charge is -2.11. The Morgan fingerprint density at radius 1 is 1.00 bits per heavy atom. The molecule has 116 valence electrons. The van der Waals surface area contributed by atoms with E-state index < -0.39 is 17.6 Å². The van der Waals surface area contributed by atoms with Crippen LogP contribution in [0.15, 0.2) is 42.5 Å². The minimum absolute atomic E-state index is 0.0742. The number of anilines is 2. The number of rotatable bonds is 3. The smallest absolute Gasteiger partial charge is 0.398 e. The van der Waals surface area contributed by atoms with Crippen molar-refractivity contribution in [1.29, 1.82) is 0 Å². The van der Waals surface area contributed by atoms with Gasteiger partial charge in [-0.2, -0.15) is 13.2 Å². The number of alkyl halides is 3. The molecule has 0 bridgehead atoms. The summed E-state index contributed by atoms with van der Waals surface area (Å²) in [5.74, 6) is -0.476. The van der Waals surface area contributed by atoms with Gasteiger partial charge in [-0.3, -0.25) is 4.79 Å². The number of carbonyl (C=O) groups excluding carboxylic acids is 1. The molecule has 0 aromatic heterocycles. The van der Waals surface area contributed by atoms with E-state index in [0.717, 1.165) is 12.1 Å². The highest BCUT2D eigenvalue weighted by Crippen LogP contribution is 2.29. The zero-order valence-electron chi connectivity index (χ0n) is 11.4. The number of nitrogen functional groups attached to an aromatic ring is 2. The van der Waals surface area contributed by atoms with E-state index in [0.29, 0.717) is 5.56 Å². The van der Waals surface area contributed by atoms with Crippen molar-refractivity contribution in [3.8, 4) is 0 Å². The van der Waals surface area contributed by atoms with Gasteiger partial charge < -0.3 is 16.8 Å². The summed E-state index contributed by atoms with van der Waals surface area (Å²) < 4.78 is 37.3. The van der Waals surface area contributed by atoms with Crippen molar-refractivity contribution in [2.24, 2.45) is 0 Å². The Kier molecular flexibility index (Phi) is 4.25. The molecule has 0 aliphatic carbocycles. The van der Waals surface area contributed by atoms with Gasteiger partial charge in [-0.15, -0.1) is 0 Å². The molecule has 0 saturated carbocycles. The van der Waals surface area contributed by atoms with Gasteiger partial charge in [0.15, 0.2) is 0 Å². The largest absolute Gasteiger partial charge is 0.416 e. The minimum atomic E-state index is -4.38. The number of nitrogens with one attached hydrogen (secondary N) is 1. The summed E-state index contributed by atoms with van der Waals surface area (Å²) >= 11 is 0. The number of amides is 1. The van der Waals surface area contributed by atoms with E-state index in [1.165, 1.54) is 12.1 Å². The highest BCUT2D eigenvalue weighted by molar-refractivity contribution is 6.03. The first-order chi connectivity index (χ1) is 10.3. The number of hydrogen-bond donors (Lipinski definition) is 3. The highest BCUT2D eigenvalue weighted by atomic mass is 19.4. The van der Waals surface area contributed by atoms with Crippen LogP contribution in [0.3, 0.4) is 0 Å². The molecule has 0 unspecified atom stereocenters. The van der Waals surface area contributed by atoms with Gasteiger partial charge in [0.2, 0.25) is 0 Å². The van der Waals surface area contributed by atoms with Gasteiger partial charge in [-0.1, -0.05) is 18.2 Å². The summed E-state index contributed by atoms with van der Waals surface area (Å²) in [4.78, 5) is 12.0. The van der Waals surface area contributed by atoms with Crippen molar-refractivity contribution in [3.63, 3.8) is 0 Å². The fourth-order valence-corrected chi connectivity index (χ4v) is 1.93. The third kappa shape index (κ3) is 3.49. The summed E-state index contributed by atoms with van der Waals surface area (Å²) in [6.07, 6.45) is -4.38. The average Bonchev–Trinajstić information content (AvgIpc) is 2.44. The average molecular weight is 309 g/mol. The molecule has 0 saturated heterocycles. The number of halogens is 3. The van der Waals surface area contributed by atoms with Gasteiger partial charge in [0.25, 0.3) is 5.91 Å². The summed E-state index contributed by atoms with van der Waals surface area (Å²) in [5, 5.41) is 2.57. The maximum atomic E-state index is 12.4. The Morgan fingerprint density at radius 3 is 2.05 bits per heavy atom. The molecule has 5 N–H and O–H groups in total. The van der Waals surface area contributed by atoms with Crippen LogP contribution in [0.5, 0.6) is 0 Å². The predicted molar refractivity (Wildman–Crippen MR) is 77.9 cm³/mol.